The number of carbonyl (C=O) groups excluding carboxylic acids is 1. The molecule has 1 fully saturated rings. The minimum Gasteiger partial charge on any atom is -0.326 e. The first-order valence-electron chi connectivity index (χ1n) is 4.80. The summed E-state index contributed by atoms with van der Waals surface area (Å²) in [6.07, 6.45) is 0.499. The fourth-order valence-corrected chi connectivity index (χ4v) is 2.51. The summed E-state index contributed by atoms with van der Waals surface area (Å²) < 4.78 is 0.206. The van der Waals surface area contributed by atoms with Crippen LogP contribution in [0.15, 0.2) is 24.3 Å². The molecule has 1 aromatic rings. The van der Waals surface area contributed by atoms with Crippen LogP contribution in [-0.2, 0) is 4.79 Å². The quantitative estimate of drug-likeness (QED) is 0.623. The predicted molar refractivity (Wildman–Crippen MR) is 74.9 cm³/mol. The first kappa shape index (κ1) is 12.5. The van der Waals surface area contributed by atoms with Crippen LogP contribution in [0, 0.1) is 8.99 Å². The van der Waals surface area contributed by atoms with E-state index in [0.717, 1.165) is 9.26 Å². The van der Waals surface area contributed by atoms with E-state index in [1.165, 1.54) is 0 Å². The highest BCUT2D eigenvalue weighted by Crippen LogP contribution is 2.64. The van der Waals surface area contributed by atoms with E-state index in [9.17, 15) is 4.79 Å². The van der Waals surface area contributed by atoms with Crippen LogP contribution < -0.4 is 5.32 Å². The molecule has 1 aromatic carbocycles. The molecular formula is C11H10Cl2INO. The first-order chi connectivity index (χ1) is 7.35. The molecule has 2 nitrogen and oxygen atoms in total. The first-order valence-corrected chi connectivity index (χ1v) is 6.63. The van der Waals surface area contributed by atoms with Crippen LogP contribution >= 0.6 is 45.8 Å². The fraction of sp³-hybridized carbons (Fsp3) is 0.364. The van der Waals surface area contributed by atoms with Crippen molar-refractivity contribution in [3.8, 4) is 0 Å². The molecule has 0 bridgehead atoms. The number of halogens is 3. The maximum absolute atomic E-state index is 11.9. The number of carbonyl (C=O) groups is 1. The minimum atomic E-state index is -0.916. The Bertz CT molecular complexity index is 432. The highest BCUT2D eigenvalue weighted by molar-refractivity contribution is 14.1. The third-order valence-corrected chi connectivity index (χ3v) is 4.68. The van der Waals surface area contributed by atoms with Gasteiger partial charge >= 0.3 is 0 Å². The Morgan fingerprint density at radius 3 is 2.31 bits per heavy atom. The minimum absolute atomic E-state index is 0.126. The van der Waals surface area contributed by atoms with Gasteiger partial charge in [0.1, 0.15) is 4.33 Å². The van der Waals surface area contributed by atoms with E-state index in [0.29, 0.717) is 6.42 Å². The number of nitrogens with one attached hydrogen (secondary N) is 1. The van der Waals surface area contributed by atoms with E-state index in [-0.39, 0.29) is 5.91 Å². The third kappa shape index (κ3) is 2.17. The second kappa shape index (κ2) is 4.03. The number of hydrogen-bond acceptors (Lipinski definition) is 1. The van der Waals surface area contributed by atoms with Crippen LogP contribution in [0.3, 0.4) is 0 Å². The number of alkyl halides is 2. The van der Waals surface area contributed by atoms with Gasteiger partial charge in [-0.2, -0.15) is 0 Å². The lowest BCUT2D eigenvalue weighted by molar-refractivity contribution is -0.120. The molecule has 0 saturated heterocycles. The summed E-state index contributed by atoms with van der Waals surface area (Å²) in [5, 5.41) is 2.82. The molecule has 0 heterocycles. The third-order valence-electron chi connectivity index (χ3n) is 2.86. The van der Waals surface area contributed by atoms with E-state index >= 15 is 0 Å². The summed E-state index contributed by atoms with van der Waals surface area (Å²) in [4.78, 5) is 11.9. The van der Waals surface area contributed by atoms with Crippen molar-refractivity contribution in [2.75, 3.05) is 5.32 Å². The van der Waals surface area contributed by atoms with Gasteiger partial charge in [0.05, 0.1) is 5.41 Å². The molecule has 1 atom stereocenters. The lowest BCUT2D eigenvalue weighted by Crippen LogP contribution is -2.25. The standard InChI is InChI=1S/C11H10Cl2INO/c1-10(6-11(10,12)13)9(16)15-8-4-2-7(14)3-5-8/h2-5H,6H2,1H3,(H,15,16). The molecule has 0 spiro atoms. The van der Waals surface area contributed by atoms with Crippen LogP contribution in [-0.4, -0.2) is 10.2 Å². The largest absolute Gasteiger partial charge is 0.326 e. The SMILES string of the molecule is CC1(C(=O)Nc2ccc(I)cc2)CC1(Cl)Cl. The highest BCUT2D eigenvalue weighted by Gasteiger charge is 2.67. The summed E-state index contributed by atoms with van der Waals surface area (Å²) in [5.74, 6) is -0.126. The zero-order valence-corrected chi connectivity index (χ0v) is 12.2. The van der Waals surface area contributed by atoms with Gasteiger partial charge in [-0.1, -0.05) is 0 Å². The van der Waals surface area contributed by atoms with Crippen LogP contribution in [0.4, 0.5) is 5.69 Å². The summed E-state index contributed by atoms with van der Waals surface area (Å²) in [6.45, 7) is 1.77. The Kier molecular flexibility index (Phi) is 3.14. The van der Waals surface area contributed by atoms with Gasteiger partial charge in [0.15, 0.2) is 0 Å². The monoisotopic (exact) mass is 369 g/mol. The average molecular weight is 370 g/mol. The molecule has 1 saturated carbocycles. The van der Waals surface area contributed by atoms with E-state index < -0.39 is 9.75 Å². The molecule has 1 N–H and O–H groups in total. The fourth-order valence-electron chi connectivity index (χ4n) is 1.45. The maximum Gasteiger partial charge on any atom is 0.233 e. The summed E-state index contributed by atoms with van der Waals surface area (Å²) in [7, 11) is 0. The lowest BCUT2D eigenvalue weighted by atomic mass is 10.1. The van der Waals surface area contributed by atoms with Crippen molar-refractivity contribution < 1.29 is 4.79 Å². The molecule has 2 rings (SSSR count). The van der Waals surface area contributed by atoms with E-state index in [1.807, 2.05) is 24.3 Å². The molecule has 16 heavy (non-hydrogen) atoms. The molecule has 0 aliphatic heterocycles. The Morgan fingerprint density at radius 1 is 1.38 bits per heavy atom. The molecule has 1 aliphatic carbocycles. The summed E-state index contributed by atoms with van der Waals surface area (Å²) in [6, 6.07) is 7.57. The number of anilines is 1. The second-order valence-electron chi connectivity index (χ2n) is 4.17. The van der Waals surface area contributed by atoms with Crippen LogP contribution in [0.1, 0.15) is 13.3 Å². The van der Waals surface area contributed by atoms with Crippen molar-refractivity contribution in [3.05, 3.63) is 27.8 Å². The van der Waals surface area contributed by atoms with Gasteiger partial charge in [-0.25, -0.2) is 0 Å². The average Bonchev–Trinajstić information content (AvgIpc) is 2.71. The smallest absolute Gasteiger partial charge is 0.233 e. The lowest BCUT2D eigenvalue weighted by Gasteiger charge is -2.12. The molecule has 0 aromatic heterocycles. The summed E-state index contributed by atoms with van der Waals surface area (Å²) in [5.41, 5.74) is 0.0988. The van der Waals surface area contributed by atoms with Crippen LogP contribution in [0.5, 0.6) is 0 Å². The predicted octanol–water partition coefficient (Wildman–Crippen LogP) is 3.81. The molecule has 86 valence electrons. The van der Waals surface area contributed by atoms with E-state index in [2.05, 4.69) is 27.9 Å². The van der Waals surface area contributed by atoms with Gasteiger partial charge in [0.25, 0.3) is 0 Å². The van der Waals surface area contributed by atoms with Gasteiger partial charge in [-0.05, 0) is 60.2 Å². The van der Waals surface area contributed by atoms with E-state index in [4.69, 9.17) is 23.2 Å². The van der Waals surface area contributed by atoms with Crippen LogP contribution in [0.2, 0.25) is 0 Å². The van der Waals surface area contributed by atoms with Crippen molar-refractivity contribution >= 4 is 57.4 Å². The van der Waals surface area contributed by atoms with E-state index in [1.54, 1.807) is 6.92 Å². The Balaban J connectivity index is 2.07. The zero-order chi connectivity index (χ0) is 12.0. The topological polar surface area (TPSA) is 29.1 Å². The molecule has 0 radical (unpaired) electrons. The van der Waals surface area contributed by atoms with Gasteiger partial charge < -0.3 is 5.32 Å². The molecule has 1 aliphatic rings. The van der Waals surface area contributed by atoms with Gasteiger partial charge in [-0.3, -0.25) is 4.79 Å². The molecule has 1 unspecified atom stereocenters. The normalized spacial score (nSPS) is 26.2. The van der Waals surface area contributed by atoms with Crippen molar-refractivity contribution in [1.82, 2.24) is 0 Å². The number of rotatable bonds is 2. The Morgan fingerprint density at radius 2 is 1.88 bits per heavy atom. The van der Waals surface area contributed by atoms with Crippen molar-refractivity contribution in [1.29, 1.82) is 0 Å². The number of amides is 1. The van der Waals surface area contributed by atoms with Gasteiger partial charge in [-0.15, -0.1) is 23.2 Å². The number of hydrogen-bond donors (Lipinski definition) is 1. The zero-order valence-electron chi connectivity index (χ0n) is 8.56. The Labute approximate surface area is 118 Å². The molecule has 5 heteroatoms. The summed E-state index contributed by atoms with van der Waals surface area (Å²) >= 11 is 14.1. The van der Waals surface area contributed by atoms with Crippen molar-refractivity contribution in [3.63, 3.8) is 0 Å². The van der Waals surface area contributed by atoms with Crippen molar-refractivity contribution in [2.24, 2.45) is 5.41 Å². The molecular weight excluding hydrogens is 360 g/mol. The second-order valence-corrected chi connectivity index (χ2v) is 6.90. The number of benzene rings is 1. The van der Waals surface area contributed by atoms with Crippen molar-refractivity contribution in [2.45, 2.75) is 17.7 Å². The van der Waals surface area contributed by atoms with Gasteiger partial charge in [0.2, 0.25) is 5.91 Å². The maximum atomic E-state index is 11.9. The Hall–Kier alpha value is -0.000000000000000111. The van der Waals surface area contributed by atoms with Gasteiger partial charge in [0, 0.05) is 9.26 Å². The molecule has 1 amide bonds. The van der Waals surface area contributed by atoms with Crippen LogP contribution in [0.25, 0.3) is 0 Å². The highest BCUT2D eigenvalue weighted by atomic mass is 127.